The van der Waals surface area contributed by atoms with Gasteiger partial charge in [0, 0.05) is 9.13 Å². The molecule has 0 aliphatic carbocycles. The molecule has 6 heteroatoms. The topological polar surface area (TPSA) is 43.4 Å². The fraction of sp³-hybridized carbons (Fsp3) is 0.200. The third kappa shape index (κ3) is 2.97. The standard InChI is InChI=1S/C10H7F2IO3/c1-5(15)7-3-8(13)6(4-14)2-9(7)16-10(11)12/h2-4,10H,1H3. The Kier molecular flexibility index (Phi) is 4.34. The van der Waals surface area contributed by atoms with Crippen LogP contribution in [0.2, 0.25) is 0 Å². The van der Waals surface area contributed by atoms with Crippen LogP contribution in [0, 0.1) is 3.57 Å². The van der Waals surface area contributed by atoms with E-state index < -0.39 is 12.4 Å². The number of carbonyl (C=O) groups is 2. The van der Waals surface area contributed by atoms with E-state index in [1.165, 1.54) is 13.0 Å². The first kappa shape index (κ1) is 13.0. The summed E-state index contributed by atoms with van der Waals surface area (Å²) in [7, 11) is 0. The summed E-state index contributed by atoms with van der Waals surface area (Å²) in [4.78, 5) is 21.8. The van der Waals surface area contributed by atoms with Crippen molar-refractivity contribution in [2.75, 3.05) is 0 Å². The lowest BCUT2D eigenvalue weighted by atomic mass is 10.1. The van der Waals surface area contributed by atoms with Crippen LogP contribution < -0.4 is 4.74 Å². The second-order valence-corrected chi connectivity index (χ2v) is 4.08. The van der Waals surface area contributed by atoms with Crippen molar-refractivity contribution in [1.82, 2.24) is 0 Å². The predicted octanol–water partition coefficient (Wildman–Crippen LogP) is 2.91. The highest BCUT2D eigenvalue weighted by Crippen LogP contribution is 2.26. The number of Topliss-reactive ketones (excluding diaryl/α,β-unsaturated/α-hetero) is 1. The van der Waals surface area contributed by atoms with Crippen LogP contribution in [0.1, 0.15) is 27.6 Å². The number of ketones is 1. The van der Waals surface area contributed by atoms with Gasteiger partial charge in [-0.1, -0.05) is 0 Å². The molecule has 0 radical (unpaired) electrons. The highest BCUT2D eigenvalue weighted by molar-refractivity contribution is 14.1. The van der Waals surface area contributed by atoms with Gasteiger partial charge in [0.2, 0.25) is 0 Å². The molecule has 0 saturated heterocycles. The van der Waals surface area contributed by atoms with Gasteiger partial charge >= 0.3 is 6.61 Å². The average molecular weight is 340 g/mol. The maximum Gasteiger partial charge on any atom is 0.387 e. The molecule has 0 aliphatic heterocycles. The first-order chi connectivity index (χ1) is 7.45. The summed E-state index contributed by atoms with van der Waals surface area (Å²) in [6.45, 7) is -1.79. The second-order valence-electron chi connectivity index (χ2n) is 2.92. The van der Waals surface area contributed by atoms with Crippen LogP contribution in [0.5, 0.6) is 5.75 Å². The minimum Gasteiger partial charge on any atom is -0.434 e. The maximum atomic E-state index is 12.1. The maximum absolute atomic E-state index is 12.1. The summed E-state index contributed by atoms with van der Waals surface area (Å²) in [5, 5.41) is 0. The Hall–Kier alpha value is -1.05. The van der Waals surface area contributed by atoms with Crippen LogP contribution in [0.15, 0.2) is 12.1 Å². The largest absolute Gasteiger partial charge is 0.434 e. The third-order valence-electron chi connectivity index (χ3n) is 1.82. The first-order valence-corrected chi connectivity index (χ1v) is 5.28. The van der Waals surface area contributed by atoms with E-state index in [0.29, 0.717) is 9.86 Å². The molecule has 0 saturated carbocycles. The first-order valence-electron chi connectivity index (χ1n) is 4.20. The lowest BCUT2D eigenvalue weighted by molar-refractivity contribution is -0.0501. The molecule has 1 rings (SSSR count). The van der Waals surface area contributed by atoms with E-state index in [2.05, 4.69) is 4.74 Å². The van der Waals surface area contributed by atoms with E-state index in [-0.39, 0.29) is 16.9 Å². The fourth-order valence-electron chi connectivity index (χ4n) is 1.13. The van der Waals surface area contributed by atoms with Gasteiger partial charge in [-0.2, -0.15) is 8.78 Å². The van der Waals surface area contributed by atoms with Gasteiger partial charge in [0.15, 0.2) is 12.1 Å². The van der Waals surface area contributed by atoms with Gasteiger partial charge in [-0.25, -0.2) is 0 Å². The Morgan fingerprint density at radius 2 is 2.12 bits per heavy atom. The Morgan fingerprint density at radius 3 is 2.56 bits per heavy atom. The van der Waals surface area contributed by atoms with Crippen molar-refractivity contribution in [3.05, 3.63) is 26.8 Å². The quantitative estimate of drug-likeness (QED) is 0.481. The van der Waals surface area contributed by atoms with Crippen molar-refractivity contribution in [2.45, 2.75) is 13.5 Å². The zero-order valence-corrected chi connectivity index (χ0v) is 10.3. The smallest absolute Gasteiger partial charge is 0.387 e. The number of carbonyl (C=O) groups excluding carboxylic acids is 2. The zero-order chi connectivity index (χ0) is 12.3. The lowest BCUT2D eigenvalue weighted by Gasteiger charge is -2.10. The molecule has 0 N–H and O–H groups in total. The van der Waals surface area contributed by atoms with Crippen molar-refractivity contribution >= 4 is 34.7 Å². The SMILES string of the molecule is CC(=O)c1cc(I)c(C=O)cc1OC(F)F. The Labute approximate surface area is 104 Å². The molecule has 86 valence electrons. The van der Waals surface area contributed by atoms with Crippen molar-refractivity contribution < 1.29 is 23.1 Å². The summed E-state index contributed by atoms with van der Waals surface area (Å²) in [6, 6.07) is 2.49. The lowest BCUT2D eigenvalue weighted by Crippen LogP contribution is -2.08. The third-order valence-corrected chi connectivity index (χ3v) is 2.76. The Balaban J connectivity index is 3.30. The molecular formula is C10H7F2IO3. The summed E-state index contributed by atoms with van der Waals surface area (Å²) < 4.78 is 28.9. The molecule has 0 amide bonds. The second kappa shape index (κ2) is 5.33. The molecule has 0 aromatic heterocycles. The summed E-state index contributed by atoms with van der Waals surface area (Å²) in [6.07, 6.45) is 0.518. The van der Waals surface area contributed by atoms with E-state index in [4.69, 9.17) is 0 Å². The predicted molar refractivity (Wildman–Crippen MR) is 61.2 cm³/mol. The number of halogens is 3. The molecule has 0 aliphatic rings. The highest BCUT2D eigenvalue weighted by atomic mass is 127. The monoisotopic (exact) mass is 340 g/mol. The number of benzene rings is 1. The van der Waals surface area contributed by atoms with Crippen LogP contribution in [-0.4, -0.2) is 18.7 Å². The highest BCUT2D eigenvalue weighted by Gasteiger charge is 2.15. The number of alkyl halides is 2. The summed E-state index contributed by atoms with van der Waals surface area (Å²) in [5.74, 6) is -0.670. The molecule has 16 heavy (non-hydrogen) atoms. The summed E-state index contributed by atoms with van der Waals surface area (Å²) >= 11 is 1.84. The molecule has 0 spiro atoms. The van der Waals surface area contributed by atoms with E-state index in [9.17, 15) is 18.4 Å². The molecule has 0 unspecified atom stereocenters. The van der Waals surface area contributed by atoms with Gasteiger partial charge in [0.1, 0.15) is 5.75 Å². The van der Waals surface area contributed by atoms with Crippen LogP contribution in [-0.2, 0) is 0 Å². The number of hydrogen-bond acceptors (Lipinski definition) is 3. The number of ether oxygens (including phenoxy) is 1. The van der Waals surface area contributed by atoms with Crippen molar-refractivity contribution in [3.63, 3.8) is 0 Å². The fourth-order valence-corrected chi connectivity index (χ4v) is 1.72. The number of aldehydes is 1. The molecular weight excluding hydrogens is 333 g/mol. The molecule has 0 atom stereocenters. The zero-order valence-electron chi connectivity index (χ0n) is 8.17. The molecule has 0 bridgehead atoms. The van der Waals surface area contributed by atoms with E-state index in [1.54, 1.807) is 0 Å². The van der Waals surface area contributed by atoms with Crippen LogP contribution in [0.25, 0.3) is 0 Å². The Bertz CT molecular complexity index is 432. The van der Waals surface area contributed by atoms with E-state index in [0.717, 1.165) is 6.07 Å². The van der Waals surface area contributed by atoms with E-state index >= 15 is 0 Å². The van der Waals surface area contributed by atoms with Gasteiger partial charge in [-0.05, 0) is 41.6 Å². The molecule has 0 fully saturated rings. The van der Waals surface area contributed by atoms with Crippen molar-refractivity contribution in [3.8, 4) is 5.75 Å². The Morgan fingerprint density at radius 1 is 1.50 bits per heavy atom. The van der Waals surface area contributed by atoms with Gasteiger partial charge in [-0.3, -0.25) is 9.59 Å². The van der Waals surface area contributed by atoms with Gasteiger partial charge in [0.05, 0.1) is 5.56 Å². The minimum absolute atomic E-state index is 0.0373. The van der Waals surface area contributed by atoms with Crippen LogP contribution >= 0.6 is 22.6 Å². The van der Waals surface area contributed by atoms with E-state index in [1.807, 2.05) is 22.6 Å². The van der Waals surface area contributed by atoms with Crippen molar-refractivity contribution in [2.24, 2.45) is 0 Å². The molecule has 3 nitrogen and oxygen atoms in total. The molecule has 1 aromatic rings. The van der Waals surface area contributed by atoms with Crippen LogP contribution in [0.3, 0.4) is 0 Å². The van der Waals surface area contributed by atoms with Crippen LogP contribution in [0.4, 0.5) is 8.78 Å². The normalized spacial score (nSPS) is 10.3. The minimum atomic E-state index is -3.03. The average Bonchev–Trinajstić information content (AvgIpc) is 2.19. The van der Waals surface area contributed by atoms with Gasteiger partial charge < -0.3 is 4.74 Å². The van der Waals surface area contributed by atoms with Gasteiger partial charge in [-0.15, -0.1) is 0 Å². The van der Waals surface area contributed by atoms with Crippen molar-refractivity contribution in [1.29, 1.82) is 0 Å². The summed E-state index contributed by atoms with van der Waals surface area (Å²) in [5.41, 5.74) is 0.247. The van der Waals surface area contributed by atoms with Gasteiger partial charge in [0.25, 0.3) is 0 Å². The number of rotatable bonds is 4. The molecule has 0 heterocycles. The molecule has 1 aromatic carbocycles. The number of hydrogen-bond donors (Lipinski definition) is 0.